The molecule has 1 fully saturated rings. The number of hydrogen-bond acceptors (Lipinski definition) is 4. The fraction of sp³-hybridized carbons (Fsp3) is 0.591. The molecule has 8 heteroatoms. The standard InChI is InChI=1S/C22H33FN6S/c1-16(2)14-29-19(27-28-21(29)30-4)9-6-12-25-20(24-3)26-15-22(10-11-22)17-7-5-8-18(23)13-17/h5,7-8,13,16H,6,9-12,14-15H2,1-4H3,(H2,24,25,26). The van der Waals surface area contributed by atoms with Crippen molar-refractivity contribution in [2.24, 2.45) is 10.9 Å². The highest BCUT2D eigenvalue weighted by atomic mass is 32.2. The Kier molecular flexibility index (Phi) is 7.75. The number of hydrogen-bond donors (Lipinski definition) is 2. The van der Waals surface area contributed by atoms with Gasteiger partial charge in [0.05, 0.1) is 0 Å². The molecule has 2 aromatic rings. The largest absolute Gasteiger partial charge is 0.356 e. The van der Waals surface area contributed by atoms with Gasteiger partial charge in [0.15, 0.2) is 11.1 Å². The lowest BCUT2D eigenvalue weighted by atomic mass is 9.96. The normalized spacial score (nSPS) is 15.5. The fourth-order valence-electron chi connectivity index (χ4n) is 3.67. The van der Waals surface area contributed by atoms with E-state index < -0.39 is 0 Å². The van der Waals surface area contributed by atoms with E-state index in [1.165, 1.54) is 6.07 Å². The van der Waals surface area contributed by atoms with E-state index in [2.05, 4.69) is 44.2 Å². The third-order valence-electron chi connectivity index (χ3n) is 5.50. The number of halogens is 1. The van der Waals surface area contributed by atoms with Gasteiger partial charge in [-0.05, 0) is 49.1 Å². The van der Waals surface area contributed by atoms with Gasteiger partial charge in [-0.25, -0.2) is 4.39 Å². The van der Waals surface area contributed by atoms with E-state index in [1.54, 1.807) is 30.9 Å². The predicted octanol–water partition coefficient (Wildman–Crippen LogP) is 3.62. The smallest absolute Gasteiger partial charge is 0.191 e. The first-order valence-corrected chi connectivity index (χ1v) is 11.9. The van der Waals surface area contributed by atoms with Crippen molar-refractivity contribution in [1.82, 2.24) is 25.4 Å². The second kappa shape index (κ2) is 10.3. The van der Waals surface area contributed by atoms with Crippen LogP contribution in [-0.4, -0.2) is 47.1 Å². The molecule has 1 aromatic heterocycles. The summed E-state index contributed by atoms with van der Waals surface area (Å²) in [5, 5.41) is 16.5. The van der Waals surface area contributed by atoms with E-state index in [4.69, 9.17) is 0 Å². The van der Waals surface area contributed by atoms with Gasteiger partial charge < -0.3 is 15.2 Å². The monoisotopic (exact) mass is 432 g/mol. The predicted molar refractivity (Wildman–Crippen MR) is 122 cm³/mol. The molecule has 2 N–H and O–H groups in total. The number of thioether (sulfide) groups is 1. The van der Waals surface area contributed by atoms with Crippen LogP contribution >= 0.6 is 11.8 Å². The summed E-state index contributed by atoms with van der Waals surface area (Å²) in [6, 6.07) is 6.96. The highest BCUT2D eigenvalue weighted by molar-refractivity contribution is 7.98. The summed E-state index contributed by atoms with van der Waals surface area (Å²) in [5.74, 6) is 2.21. The number of nitrogens with one attached hydrogen (secondary N) is 2. The molecule has 0 bridgehead atoms. The number of nitrogens with zero attached hydrogens (tertiary/aromatic N) is 4. The van der Waals surface area contributed by atoms with Crippen LogP contribution in [0, 0.1) is 11.7 Å². The van der Waals surface area contributed by atoms with E-state index in [9.17, 15) is 4.39 Å². The van der Waals surface area contributed by atoms with Gasteiger partial charge in [-0.1, -0.05) is 37.7 Å². The zero-order valence-electron chi connectivity index (χ0n) is 18.4. The Labute approximate surface area is 183 Å². The Morgan fingerprint density at radius 2 is 2.10 bits per heavy atom. The summed E-state index contributed by atoms with van der Waals surface area (Å²) >= 11 is 1.64. The van der Waals surface area contributed by atoms with Crippen LogP contribution in [0.1, 0.15) is 44.5 Å². The van der Waals surface area contributed by atoms with E-state index in [0.717, 1.165) is 67.8 Å². The Morgan fingerprint density at radius 3 is 2.73 bits per heavy atom. The number of rotatable bonds is 10. The fourth-order valence-corrected chi connectivity index (χ4v) is 4.19. The molecule has 164 valence electrons. The van der Waals surface area contributed by atoms with Gasteiger partial charge in [-0.15, -0.1) is 10.2 Å². The first kappa shape index (κ1) is 22.6. The van der Waals surface area contributed by atoms with Crippen LogP contribution in [0.4, 0.5) is 4.39 Å². The highest BCUT2D eigenvalue weighted by Gasteiger charge is 2.44. The molecular weight excluding hydrogens is 399 g/mol. The zero-order chi connectivity index (χ0) is 21.6. The van der Waals surface area contributed by atoms with Crippen LogP contribution in [0.25, 0.3) is 0 Å². The zero-order valence-corrected chi connectivity index (χ0v) is 19.2. The Balaban J connectivity index is 1.46. The summed E-state index contributed by atoms with van der Waals surface area (Å²) in [6.45, 7) is 6.92. The van der Waals surface area contributed by atoms with Crippen LogP contribution < -0.4 is 10.6 Å². The van der Waals surface area contributed by atoms with Gasteiger partial charge in [-0.2, -0.15) is 0 Å². The number of benzene rings is 1. The second-order valence-electron chi connectivity index (χ2n) is 8.35. The molecule has 0 spiro atoms. The molecule has 1 aliphatic rings. The van der Waals surface area contributed by atoms with Crippen LogP contribution in [0.2, 0.25) is 0 Å². The van der Waals surface area contributed by atoms with Crippen LogP contribution in [0.3, 0.4) is 0 Å². The van der Waals surface area contributed by atoms with Crippen molar-refractivity contribution >= 4 is 17.7 Å². The van der Waals surface area contributed by atoms with Gasteiger partial charge in [0.1, 0.15) is 11.6 Å². The Bertz CT molecular complexity index is 859. The number of aliphatic imine (C=N–C) groups is 1. The average molecular weight is 433 g/mol. The number of aromatic nitrogens is 3. The highest BCUT2D eigenvalue weighted by Crippen LogP contribution is 2.47. The van der Waals surface area contributed by atoms with Gasteiger partial charge in [-0.3, -0.25) is 4.99 Å². The summed E-state index contributed by atoms with van der Waals surface area (Å²) in [7, 11) is 1.78. The molecule has 1 saturated carbocycles. The summed E-state index contributed by atoms with van der Waals surface area (Å²) in [6.07, 6.45) is 6.00. The molecule has 0 unspecified atom stereocenters. The van der Waals surface area contributed by atoms with Gasteiger partial charge in [0.25, 0.3) is 0 Å². The van der Waals surface area contributed by atoms with Gasteiger partial charge >= 0.3 is 0 Å². The second-order valence-corrected chi connectivity index (χ2v) is 9.13. The van der Waals surface area contributed by atoms with Gasteiger partial charge in [0, 0.05) is 38.5 Å². The van der Waals surface area contributed by atoms with E-state index in [-0.39, 0.29) is 11.2 Å². The number of guanidine groups is 1. The van der Waals surface area contributed by atoms with E-state index in [1.807, 2.05) is 12.3 Å². The van der Waals surface area contributed by atoms with E-state index in [0.29, 0.717) is 5.92 Å². The van der Waals surface area contributed by atoms with E-state index >= 15 is 0 Å². The minimum Gasteiger partial charge on any atom is -0.356 e. The first-order chi connectivity index (χ1) is 14.5. The summed E-state index contributed by atoms with van der Waals surface area (Å²) in [4.78, 5) is 4.33. The van der Waals surface area contributed by atoms with Crippen molar-refractivity contribution < 1.29 is 4.39 Å². The average Bonchev–Trinajstić information content (AvgIpc) is 3.43. The Morgan fingerprint density at radius 1 is 1.30 bits per heavy atom. The molecule has 3 rings (SSSR count). The molecule has 0 radical (unpaired) electrons. The lowest BCUT2D eigenvalue weighted by Crippen LogP contribution is -2.41. The van der Waals surface area contributed by atoms with Crippen LogP contribution in [0.5, 0.6) is 0 Å². The molecule has 6 nitrogen and oxygen atoms in total. The van der Waals surface area contributed by atoms with Crippen LogP contribution in [-0.2, 0) is 18.4 Å². The molecule has 0 amide bonds. The maximum Gasteiger partial charge on any atom is 0.191 e. The molecule has 0 aliphatic heterocycles. The maximum atomic E-state index is 13.6. The summed E-state index contributed by atoms with van der Waals surface area (Å²) < 4.78 is 15.8. The minimum atomic E-state index is -0.170. The van der Waals surface area contributed by atoms with Crippen LogP contribution in [0.15, 0.2) is 34.4 Å². The SMILES string of the molecule is CN=C(NCCCc1nnc(SC)n1CC(C)C)NCC1(c2cccc(F)c2)CC1. The quantitative estimate of drug-likeness (QED) is 0.260. The molecule has 1 aromatic carbocycles. The molecular formula is C22H33FN6S. The van der Waals surface area contributed by atoms with Crippen molar-refractivity contribution in [3.8, 4) is 0 Å². The minimum absolute atomic E-state index is 0.0290. The van der Waals surface area contributed by atoms with Gasteiger partial charge in [0.2, 0.25) is 0 Å². The first-order valence-electron chi connectivity index (χ1n) is 10.6. The number of aryl methyl sites for hydroxylation is 1. The third kappa shape index (κ3) is 5.74. The molecule has 1 heterocycles. The molecule has 30 heavy (non-hydrogen) atoms. The lowest BCUT2D eigenvalue weighted by Gasteiger charge is -2.19. The molecule has 1 aliphatic carbocycles. The van der Waals surface area contributed by atoms with Crippen molar-refractivity contribution in [3.05, 3.63) is 41.5 Å². The molecule has 0 saturated heterocycles. The maximum absolute atomic E-state index is 13.6. The van der Waals surface area contributed by atoms with Crippen molar-refractivity contribution in [1.29, 1.82) is 0 Å². The topological polar surface area (TPSA) is 67.1 Å². The van der Waals surface area contributed by atoms with Crippen molar-refractivity contribution in [2.45, 2.75) is 56.6 Å². The van der Waals surface area contributed by atoms with Crippen molar-refractivity contribution in [2.75, 3.05) is 26.4 Å². The third-order valence-corrected chi connectivity index (χ3v) is 6.17. The molecule has 0 atom stereocenters. The Hall–Kier alpha value is -2.09. The summed E-state index contributed by atoms with van der Waals surface area (Å²) in [5.41, 5.74) is 1.10. The lowest BCUT2D eigenvalue weighted by molar-refractivity contribution is 0.477. The van der Waals surface area contributed by atoms with Crippen molar-refractivity contribution in [3.63, 3.8) is 0 Å².